The summed E-state index contributed by atoms with van der Waals surface area (Å²) >= 11 is 13.4. The number of nitrogens with one attached hydrogen (secondary N) is 1. The van der Waals surface area contributed by atoms with Crippen molar-refractivity contribution in [3.63, 3.8) is 0 Å². The van der Waals surface area contributed by atoms with Gasteiger partial charge in [0.2, 0.25) is 0 Å². The quantitative estimate of drug-likeness (QED) is 0.606. The molecule has 1 heterocycles. The largest absolute Gasteiger partial charge is 0.281 e. The number of carbonyl (C=O) groups excluding carboxylic acids is 1. The van der Waals surface area contributed by atoms with Crippen molar-refractivity contribution in [1.29, 1.82) is 0 Å². The molecule has 3 nitrogen and oxygen atoms in total. The number of rotatable bonds is 3. The van der Waals surface area contributed by atoms with E-state index in [1.165, 1.54) is 16.9 Å². The van der Waals surface area contributed by atoms with E-state index in [9.17, 15) is 4.79 Å². The lowest BCUT2D eigenvalue weighted by molar-refractivity contribution is 0.0959. The number of hydrogen-bond acceptors (Lipinski definition) is 3. The highest BCUT2D eigenvalue weighted by Gasteiger charge is 2.20. The molecule has 1 amide bonds. The Morgan fingerprint density at radius 2 is 2.17 bits per heavy atom. The number of nitrogens with zero attached hydrogens (tertiary/aromatic N) is 1. The number of benzene rings is 1. The van der Waals surface area contributed by atoms with Crippen molar-refractivity contribution >= 4 is 46.7 Å². The van der Waals surface area contributed by atoms with E-state index < -0.39 is 0 Å². The van der Waals surface area contributed by atoms with Crippen LogP contribution in [0.25, 0.3) is 0 Å². The van der Waals surface area contributed by atoms with Gasteiger partial charge in [0.25, 0.3) is 5.91 Å². The Balaban J connectivity index is 1.65. The third-order valence-electron chi connectivity index (χ3n) is 3.88. The van der Waals surface area contributed by atoms with Crippen LogP contribution >= 0.6 is 34.5 Å². The van der Waals surface area contributed by atoms with Crippen LogP contribution < -0.4 is 5.43 Å². The molecule has 23 heavy (non-hydrogen) atoms. The summed E-state index contributed by atoms with van der Waals surface area (Å²) in [5.74, 6) is 0.522. The van der Waals surface area contributed by atoms with Gasteiger partial charge in [-0.3, -0.25) is 4.79 Å². The lowest BCUT2D eigenvalue weighted by Gasteiger charge is -2.16. The van der Waals surface area contributed by atoms with Crippen LogP contribution in [0.2, 0.25) is 10.0 Å². The lowest BCUT2D eigenvalue weighted by atomic mass is 9.90. The van der Waals surface area contributed by atoms with Gasteiger partial charge in [-0.2, -0.15) is 5.10 Å². The lowest BCUT2D eigenvalue weighted by Crippen LogP contribution is -2.16. The number of carbonyl (C=O) groups is 1. The molecule has 3 rings (SSSR count). The van der Waals surface area contributed by atoms with Crippen LogP contribution in [-0.2, 0) is 12.8 Å². The van der Waals surface area contributed by atoms with E-state index in [1.807, 2.05) is 6.07 Å². The second kappa shape index (κ2) is 7.04. The number of hydrogen-bond donors (Lipinski definition) is 1. The van der Waals surface area contributed by atoms with Crippen LogP contribution in [0.15, 0.2) is 29.4 Å². The van der Waals surface area contributed by atoms with Crippen LogP contribution in [-0.4, -0.2) is 12.1 Å². The van der Waals surface area contributed by atoms with Crippen molar-refractivity contribution in [2.24, 2.45) is 11.0 Å². The van der Waals surface area contributed by atoms with Gasteiger partial charge < -0.3 is 0 Å². The summed E-state index contributed by atoms with van der Waals surface area (Å²) in [5.41, 5.74) is 4.66. The summed E-state index contributed by atoms with van der Waals surface area (Å²) in [5, 5.41) is 4.94. The fraction of sp³-hybridized carbons (Fsp3) is 0.294. The van der Waals surface area contributed by atoms with E-state index in [4.69, 9.17) is 23.2 Å². The summed E-state index contributed by atoms with van der Waals surface area (Å²) < 4.78 is 0. The summed E-state index contributed by atoms with van der Waals surface area (Å²) in [6.45, 7) is 2.25. The van der Waals surface area contributed by atoms with Crippen molar-refractivity contribution in [3.8, 4) is 0 Å². The Morgan fingerprint density at radius 3 is 2.96 bits per heavy atom. The minimum atomic E-state index is -0.173. The normalized spacial score (nSPS) is 17.3. The van der Waals surface area contributed by atoms with Gasteiger partial charge in [-0.15, -0.1) is 11.3 Å². The molecule has 1 aromatic carbocycles. The molecule has 0 bridgehead atoms. The van der Waals surface area contributed by atoms with Crippen LogP contribution in [0.3, 0.4) is 0 Å². The van der Waals surface area contributed by atoms with Gasteiger partial charge >= 0.3 is 0 Å². The first-order valence-electron chi connectivity index (χ1n) is 7.43. The number of fused-ring (bicyclic) bond motifs is 1. The Hall–Kier alpha value is -1.36. The zero-order valence-electron chi connectivity index (χ0n) is 12.6. The van der Waals surface area contributed by atoms with Crippen molar-refractivity contribution in [1.82, 2.24) is 5.43 Å². The minimum Gasteiger partial charge on any atom is -0.266 e. The van der Waals surface area contributed by atoms with Gasteiger partial charge in [0.1, 0.15) is 0 Å². The van der Waals surface area contributed by atoms with Gasteiger partial charge in [0.05, 0.1) is 21.1 Å². The molecule has 0 radical (unpaired) electrons. The highest BCUT2D eigenvalue weighted by molar-refractivity contribution is 7.14. The van der Waals surface area contributed by atoms with E-state index in [2.05, 4.69) is 17.5 Å². The predicted octanol–water partition coefficient (Wildman–Crippen LogP) is 4.94. The van der Waals surface area contributed by atoms with Crippen molar-refractivity contribution in [3.05, 3.63) is 55.2 Å². The Labute approximate surface area is 149 Å². The van der Waals surface area contributed by atoms with Crippen LogP contribution in [0.5, 0.6) is 0 Å². The van der Waals surface area contributed by atoms with E-state index in [-0.39, 0.29) is 5.91 Å². The molecule has 1 aliphatic carbocycles. The molecule has 1 aromatic heterocycles. The molecule has 6 heteroatoms. The SMILES string of the molecule is C[C@@H]1CCc2sc(C(=O)N/N=C\c3ccc(Cl)c(Cl)c3)cc2C1. The summed E-state index contributed by atoms with van der Waals surface area (Å²) in [7, 11) is 0. The molecule has 0 saturated heterocycles. The fourth-order valence-electron chi connectivity index (χ4n) is 2.63. The van der Waals surface area contributed by atoms with Gasteiger partial charge in [-0.25, -0.2) is 5.43 Å². The first kappa shape index (κ1) is 16.5. The number of aryl methyl sites for hydroxylation is 1. The highest BCUT2D eigenvalue weighted by atomic mass is 35.5. The van der Waals surface area contributed by atoms with E-state index in [0.717, 1.165) is 23.3 Å². The summed E-state index contributed by atoms with van der Waals surface area (Å²) in [4.78, 5) is 14.2. The van der Waals surface area contributed by atoms with Crippen LogP contribution in [0.1, 0.15) is 39.0 Å². The number of hydrazone groups is 1. The van der Waals surface area contributed by atoms with Crippen LogP contribution in [0, 0.1) is 5.92 Å². The van der Waals surface area contributed by atoms with Crippen LogP contribution in [0.4, 0.5) is 0 Å². The van der Waals surface area contributed by atoms with Gasteiger partial charge in [-0.05, 0) is 54.5 Å². The van der Waals surface area contributed by atoms with E-state index in [0.29, 0.717) is 16.0 Å². The summed E-state index contributed by atoms with van der Waals surface area (Å²) in [6.07, 6.45) is 4.88. The number of thiophene rings is 1. The van der Waals surface area contributed by atoms with Crippen molar-refractivity contribution in [2.75, 3.05) is 0 Å². The van der Waals surface area contributed by atoms with Gasteiger partial charge in [0.15, 0.2) is 0 Å². The molecule has 2 aromatic rings. The standard InChI is InChI=1S/C17H16Cl2N2OS/c1-10-2-5-15-12(6-10)8-16(23-15)17(22)21-20-9-11-3-4-13(18)14(19)7-11/h3-4,7-10H,2,5-6H2,1H3,(H,21,22)/b20-9-/t10-/m1/s1. The molecule has 0 aliphatic heterocycles. The van der Waals surface area contributed by atoms with E-state index >= 15 is 0 Å². The third kappa shape index (κ3) is 3.94. The molecule has 1 aliphatic rings. The average molecular weight is 367 g/mol. The zero-order chi connectivity index (χ0) is 16.4. The molecule has 0 fully saturated rings. The molecular weight excluding hydrogens is 351 g/mol. The van der Waals surface area contributed by atoms with Gasteiger partial charge in [-0.1, -0.05) is 36.2 Å². The maximum atomic E-state index is 12.2. The Kier molecular flexibility index (Phi) is 5.05. The maximum absolute atomic E-state index is 12.2. The summed E-state index contributed by atoms with van der Waals surface area (Å²) in [6, 6.07) is 7.18. The topological polar surface area (TPSA) is 41.5 Å². The highest BCUT2D eigenvalue weighted by Crippen LogP contribution is 2.32. The number of amides is 1. The fourth-order valence-corrected chi connectivity index (χ4v) is 4.04. The van der Waals surface area contributed by atoms with Crippen molar-refractivity contribution in [2.45, 2.75) is 26.2 Å². The molecule has 0 spiro atoms. The van der Waals surface area contributed by atoms with Gasteiger partial charge in [0, 0.05) is 4.88 Å². The third-order valence-corrected chi connectivity index (χ3v) is 5.85. The second-order valence-electron chi connectivity index (χ2n) is 5.78. The molecule has 0 saturated carbocycles. The predicted molar refractivity (Wildman–Crippen MR) is 97.0 cm³/mol. The Morgan fingerprint density at radius 1 is 1.35 bits per heavy atom. The Bertz CT molecular complexity index is 770. The molecule has 120 valence electrons. The first-order chi connectivity index (χ1) is 11.0. The molecule has 0 unspecified atom stereocenters. The average Bonchev–Trinajstić information content (AvgIpc) is 2.94. The van der Waals surface area contributed by atoms with Crippen molar-refractivity contribution < 1.29 is 4.79 Å². The first-order valence-corrected chi connectivity index (χ1v) is 9.00. The molecule has 1 atom stereocenters. The monoisotopic (exact) mass is 366 g/mol. The maximum Gasteiger partial charge on any atom is 0.281 e. The zero-order valence-corrected chi connectivity index (χ0v) is 14.9. The minimum absolute atomic E-state index is 0.173. The smallest absolute Gasteiger partial charge is 0.266 e. The van der Waals surface area contributed by atoms with E-state index in [1.54, 1.807) is 35.8 Å². The molecular formula is C17H16Cl2N2OS. The molecule has 1 N–H and O–H groups in total. The second-order valence-corrected chi connectivity index (χ2v) is 7.73. The number of halogens is 2.